The maximum Gasteiger partial charge on any atom is 1.00 e. The van der Waals surface area contributed by atoms with E-state index in [1.54, 1.807) is 0 Å². The predicted octanol–water partition coefficient (Wildman–Crippen LogP) is -4.35. The van der Waals surface area contributed by atoms with Gasteiger partial charge in [-0.05, 0) is 0 Å². The molecule has 0 heterocycles. The van der Waals surface area contributed by atoms with E-state index in [9.17, 15) is 0 Å². The third kappa shape index (κ3) is 103. The molecule has 8 nitrogen and oxygen atoms in total. The van der Waals surface area contributed by atoms with Crippen LogP contribution in [0.2, 0.25) is 0 Å². The number of carboxylic acids is 2. The molecule has 84 valence electrons. The molecule has 0 atom stereocenters. The van der Waals surface area contributed by atoms with E-state index in [2.05, 4.69) is 0 Å². The van der Waals surface area contributed by atoms with Crippen molar-refractivity contribution in [3.8, 4) is 0 Å². The van der Waals surface area contributed by atoms with Crippen LogP contribution in [0.25, 0.3) is 0 Å². The quantitative estimate of drug-likeness (QED) is 0.161. The summed E-state index contributed by atoms with van der Waals surface area (Å²) in [6.45, 7) is 0. The van der Waals surface area contributed by atoms with Crippen molar-refractivity contribution in [2.45, 2.75) is 0 Å². The molecular weight excluding hydrogens is 228 g/mol. The van der Waals surface area contributed by atoms with Crippen LogP contribution in [0.3, 0.4) is 0 Å². The van der Waals surface area contributed by atoms with E-state index in [-0.39, 0.29) is 29.7 Å². The number of halogens is 2. The normalized spacial score (nSPS) is 7.36. The van der Waals surface area contributed by atoms with Crippen molar-refractivity contribution in [3.63, 3.8) is 0 Å². The number of aliphatic carboxylic acids is 2. The molecule has 5 N–H and O–H groups in total. The van der Waals surface area contributed by atoms with Gasteiger partial charge in [0, 0.05) is 0 Å². The molecule has 0 saturated carbocycles. The summed E-state index contributed by atoms with van der Waals surface area (Å²) in [5.74, 6) is -3.65. The first-order chi connectivity index (χ1) is 4.64. The van der Waals surface area contributed by atoms with Gasteiger partial charge in [0.05, 0.1) is 0 Å². The molecule has 0 unspecified atom stereocenters. The van der Waals surface area contributed by atoms with Crippen LogP contribution in [0.1, 0.15) is 1.43 Å². The van der Waals surface area contributed by atoms with Gasteiger partial charge in [-0.2, -0.15) is 0 Å². The summed E-state index contributed by atoms with van der Waals surface area (Å²) in [5.41, 5.74) is 0. The SMILES string of the molecule is F.F.O=C(O)C(=O)O.O=P(O)(O)O.[H-].[Li+]. The molecule has 0 rings (SSSR count). The molecule has 14 heavy (non-hydrogen) atoms. The van der Waals surface area contributed by atoms with E-state index in [0.29, 0.717) is 0 Å². The summed E-state index contributed by atoms with van der Waals surface area (Å²) in [4.78, 5) is 39.8. The number of hydrogen-bond donors (Lipinski definition) is 5. The minimum atomic E-state index is -4.64. The van der Waals surface area contributed by atoms with Gasteiger partial charge in [-0.1, -0.05) is 0 Å². The van der Waals surface area contributed by atoms with Crippen molar-refractivity contribution in [2.75, 3.05) is 0 Å². The summed E-state index contributed by atoms with van der Waals surface area (Å²) < 4.78 is 8.88. The fourth-order valence-electron chi connectivity index (χ4n) is 0. The van der Waals surface area contributed by atoms with Crippen molar-refractivity contribution in [2.24, 2.45) is 0 Å². The van der Waals surface area contributed by atoms with Crippen LogP contribution in [-0.4, -0.2) is 36.8 Å². The van der Waals surface area contributed by atoms with E-state index in [4.69, 9.17) is 39.0 Å². The van der Waals surface area contributed by atoms with E-state index >= 15 is 0 Å². The number of rotatable bonds is 0. The first-order valence-corrected chi connectivity index (χ1v) is 3.45. The van der Waals surface area contributed by atoms with Crippen LogP contribution < -0.4 is 18.9 Å². The van der Waals surface area contributed by atoms with Gasteiger partial charge < -0.3 is 26.3 Å². The van der Waals surface area contributed by atoms with E-state index in [0.717, 1.165) is 0 Å². The Labute approximate surface area is 89.2 Å². The Hall–Kier alpha value is -0.493. The Kier molecular flexibility index (Phi) is 26.1. The van der Waals surface area contributed by atoms with Gasteiger partial charge in [-0.3, -0.25) is 9.41 Å². The topological polar surface area (TPSA) is 152 Å². The minimum absolute atomic E-state index is 0. The van der Waals surface area contributed by atoms with Crippen molar-refractivity contribution in [1.29, 1.82) is 0 Å². The molecule has 0 aromatic rings. The standard InChI is InChI=1S/C2H2O4.2FH.Li.H3O4P.H/c3-1(4)2(5)6;;;;1-5(2,3)4;/h(H,3,4)(H,5,6);2*1H;;(H3,1,2,3,4);/q;;;+1;;-1. The molecule has 0 aliphatic rings. The van der Waals surface area contributed by atoms with Crippen LogP contribution in [0.5, 0.6) is 0 Å². The van der Waals surface area contributed by atoms with Crippen LogP contribution in [0.15, 0.2) is 0 Å². The summed E-state index contributed by atoms with van der Waals surface area (Å²) in [6.07, 6.45) is 0. The van der Waals surface area contributed by atoms with Crippen molar-refractivity contribution in [1.82, 2.24) is 0 Å². The molecule has 0 spiro atoms. The van der Waals surface area contributed by atoms with Crippen LogP contribution in [0.4, 0.5) is 9.41 Å². The van der Waals surface area contributed by atoms with E-state index in [1.165, 1.54) is 0 Å². The van der Waals surface area contributed by atoms with Crippen LogP contribution in [-0.2, 0) is 14.2 Å². The zero-order chi connectivity index (χ0) is 9.65. The van der Waals surface area contributed by atoms with Crippen LogP contribution in [0, 0.1) is 0 Å². The molecule has 0 aromatic carbocycles. The first kappa shape index (κ1) is 29.2. The third-order valence-corrected chi connectivity index (χ3v) is 0.183. The largest absolute Gasteiger partial charge is 1.00 e. The maximum atomic E-state index is 9.10. The molecule has 0 fully saturated rings. The molecule has 0 aromatic heterocycles. The second-order valence-corrected chi connectivity index (χ2v) is 2.15. The molecular formula is C2H8F2LiO8P. The molecule has 0 radical (unpaired) electrons. The Balaban J connectivity index is -0.0000000215. The fourth-order valence-corrected chi connectivity index (χ4v) is 0. The number of carbonyl (C=O) groups is 2. The minimum Gasteiger partial charge on any atom is -1.00 e. The van der Waals surface area contributed by atoms with Gasteiger partial charge in [0.25, 0.3) is 0 Å². The number of phosphoric acid groups is 1. The molecule has 0 bridgehead atoms. The average Bonchev–Trinajstić information content (AvgIpc) is 1.59. The molecule has 0 saturated heterocycles. The predicted molar refractivity (Wildman–Crippen MR) is 35.7 cm³/mol. The van der Waals surface area contributed by atoms with Gasteiger partial charge in [-0.15, -0.1) is 0 Å². The Morgan fingerprint density at radius 1 is 0.929 bits per heavy atom. The van der Waals surface area contributed by atoms with Gasteiger partial charge in [-0.25, -0.2) is 14.2 Å². The molecule has 0 aliphatic carbocycles. The van der Waals surface area contributed by atoms with Gasteiger partial charge in [0.1, 0.15) is 0 Å². The first-order valence-electron chi connectivity index (χ1n) is 1.89. The Bertz CT molecular complexity index is 187. The van der Waals surface area contributed by atoms with Gasteiger partial charge >= 0.3 is 38.6 Å². The average molecular weight is 236 g/mol. The van der Waals surface area contributed by atoms with E-state index < -0.39 is 19.8 Å². The van der Waals surface area contributed by atoms with Gasteiger partial charge in [0.2, 0.25) is 0 Å². The monoisotopic (exact) mass is 236 g/mol. The second kappa shape index (κ2) is 12.5. The summed E-state index contributed by atoms with van der Waals surface area (Å²) >= 11 is 0. The second-order valence-electron chi connectivity index (χ2n) is 1.12. The molecule has 0 aliphatic heterocycles. The summed E-state index contributed by atoms with van der Waals surface area (Å²) in [5, 5.41) is 14.8. The molecule has 12 heteroatoms. The van der Waals surface area contributed by atoms with Gasteiger partial charge in [0.15, 0.2) is 0 Å². The van der Waals surface area contributed by atoms with Crippen molar-refractivity contribution in [3.05, 3.63) is 0 Å². The summed E-state index contributed by atoms with van der Waals surface area (Å²) in [6, 6.07) is 0. The van der Waals surface area contributed by atoms with Crippen LogP contribution >= 0.6 is 7.82 Å². The zero-order valence-electron chi connectivity index (χ0n) is 7.72. The van der Waals surface area contributed by atoms with E-state index in [1.807, 2.05) is 0 Å². The van der Waals surface area contributed by atoms with Crippen molar-refractivity contribution < 1.29 is 68.7 Å². The fraction of sp³-hybridized carbons (Fsp3) is 0. The Morgan fingerprint density at radius 2 is 1.00 bits per heavy atom. The maximum absolute atomic E-state index is 9.10. The summed E-state index contributed by atoms with van der Waals surface area (Å²) in [7, 11) is -4.64. The van der Waals surface area contributed by atoms with Crippen molar-refractivity contribution >= 4 is 19.8 Å². The Morgan fingerprint density at radius 3 is 1.00 bits per heavy atom. The third-order valence-electron chi connectivity index (χ3n) is 0.183. The number of hydrogen-bond acceptors (Lipinski definition) is 3. The molecule has 0 amide bonds. The smallest absolute Gasteiger partial charge is 1.00 e. The zero-order valence-corrected chi connectivity index (χ0v) is 7.62. The number of carboxylic acid groups (broad SMARTS) is 2.